The summed E-state index contributed by atoms with van der Waals surface area (Å²) in [6.07, 6.45) is 1.04. The first kappa shape index (κ1) is 26.2. The van der Waals surface area contributed by atoms with E-state index in [-0.39, 0.29) is 37.4 Å². The van der Waals surface area contributed by atoms with Crippen molar-refractivity contribution in [3.63, 3.8) is 0 Å². The lowest BCUT2D eigenvalue weighted by molar-refractivity contribution is -0.144. The minimum Gasteiger partial charge on any atom is -0.493 e. The van der Waals surface area contributed by atoms with Crippen LogP contribution in [0, 0.1) is 11.8 Å². The zero-order chi connectivity index (χ0) is 25.1. The van der Waals surface area contributed by atoms with E-state index in [1.165, 1.54) is 0 Å². The Hall–Kier alpha value is -4.01. The Kier molecular flexibility index (Phi) is 9.94. The van der Waals surface area contributed by atoms with Gasteiger partial charge in [-0.25, -0.2) is 0 Å². The second kappa shape index (κ2) is 12.9. The number of aliphatic carboxylic acids is 1. The fourth-order valence-corrected chi connectivity index (χ4v) is 3.29. The first-order valence-electron chi connectivity index (χ1n) is 10.8. The Morgan fingerprint density at radius 3 is 2.15 bits per heavy atom. The number of carboxylic acid groups (broad SMARTS) is 1. The molecule has 2 aromatic carbocycles. The van der Waals surface area contributed by atoms with Crippen molar-refractivity contribution >= 4 is 35.5 Å². The summed E-state index contributed by atoms with van der Waals surface area (Å²) in [6, 6.07) is 13.1. The number of nitrogens with two attached hydrogens (primary N) is 1. The SMILES string of the molecule is CC(COc1ccc(C(=O)c2ccc(NC=O)cc2)cc1)C(=O)CCCC(CC(N)=O)C(=O)O. The lowest BCUT2D eigenvalue weighted by atomic mass is 9.95. The van der Waals surface area contributed by atoms with Gasteiger partial charge in [0.05, 0.1) is 12.5 Å². The number of hydrogen-bond acceptors (Lipinski definition) is 6. The molecule has 0 saturated carbocycles. The zero-order valence-electron chi connectivity index (χ0n) is 18.9. The van der Waals surface area contributed by atoms with Crippen LogP contribution in [0.4, 0.5) is 5.69 Å². The van der Waals surface area contributed by atoms with E-state index < -0.39 is 23.7 Å². The molecule has 34 heavy (non-hydrogen) atoms. The van der Waals surface area contributed by atoms with Crippen molar-refractivity contribution in [1.29, 1.82) is 0 Å². The molecule has 2 aromatic rings. The monoisotopic (exact) mass is 468 g/mol. The van der Waals surface area contributed by atoms with Crippen LogP contribution in [0.2, 0.25) is 0 Å². The fraction of sp³-hybridized carbons (Fsp3) is 0.320. The molecule has 0 radical (unpaired) electrons. The zero-order valence-corrected chi connectivity index (χ0v) is 18.9. The van der Waals surface area contributed by atoms with Gasteiger partial charge in [0.15, 0.2) is 5.78 Å². The maximum absolute atomic E-state index is 12.6. The molecule has 4 N–H and O–H groups in total. The highest BCUT2D eigenvalue weighted by molar-refractivity contribution is 6.09. The van der Waals surface area contributed by atoms with Gasteiger partial charge in [-0.3, -0.25) is 24.0 Å². The topological polar surface area (TPSA) is 153 Å². The van der Waals surface area contributed by atoms with Crippen LogP contribution >= 0.6 is 0 Å². The number of primary amides is 1. The van der Waals surface area contributed by atoms with Crippen molar-refractivity contribution in [2.75, 3.05) is 11.9 Å². The summed E-state index contributed by atoms with van der Waals surface area (Å²) < 4.78 is 5.66. The van der Waals surface area contributed by atoms with E-state index in [0.29, 0.717) is 35.4 Å². The second-order valence-electron chi connectivity index (χ2n) is 7.97. The number of nitrogens with one attached hydrogen (secondary N) is 1. The smallest absolute Gasteiger partial charge is 0.307 e. The van der Waals surface area contributed by atoms with E-state index in [1.807, 2.05) is 0 Å². The van der Waals surface area contributed by atoms with E-state index in [0.717, 1.165) is 0 Å². The van der Waals surface area contributed by atoms with Gasteiger partial charge in [0.1, 0.15) is 11.5 Å². The van der Waals surface area contributed by atoms with E-state index in [2.05, 4.69) is 5.32 Å². The standard InChI is InChI=1S/C25H28N2O7/c1-16(22(29)4-2-3-19(25(32)33)13-23(26)30)14-34-21-11-7-18(8-12-21)24(31)17-5-9-20(10-6-17)27-15-28/h5-12,15-16,19H,2-4,13-14H2,1H3,(H2,26,30)(H,27,28)(H,32,33). The number of Topliss-reactive ketones (excluding diaryl/α,β-unsaturated/α-hetero) is 1. The highest BCUT2D eigenvalue weighted by Crippen LogP contribution is 2.19. The summed E-state index contributed by atoms with van der Waals surface area (Å²) in [5.41, 5.74) is 6.59. The number of ketones is 2. The summed E-state index contributed by atoms with van der Waals surface area (Å²) in [7, 11) is 0. The number of amides is 2. The summed E-state index contributed by atoms with van der Waals surface area (Å²) in [5.74, 6) is -2.81. The predicted octanol–water partition coefficient (Wildman–Crippen LogP) is 2.82. The van der Waals surface area contributed by atoms with Crippen molar-refractivity contribution in [3.8, 4) is 5.75 Å². The number of hydrogen-bond donors (Lipinski definition) is 3. The van der Waals surface area contributed by atoms with Gasteiger partial charge >= 0.3 is 5.97 Å². The van der Waals surface area contributed by atoms with E-state index in [1.54, 1.807) is 55.5 Å². The van der Waals surface area contributed by atoms with Gasteiger partial charge in [0.2, 0.25) is 12.3 Å². The molecule has 0 heterocycles. The van der Waals surface area contributed by atoms with Crippen molar-refractivity contribution in [2.24, 2.45) is 17.6 Å². The van der Waals surface area contributed by atoms with Crippen molar-refractivity contribution in [3.05, 3.63) is 59.7 Å². The van der Waals surface area contributed by atoms with Crippen molar-refractivity contribution < 1.29 is 33.8 Å². The molecule has 0 aliphatic carbocycles. The number of carbonyl (C=O) groups excluding carboxylic acids is 4. The first-order chi connectivity index (χ1) is 16.2. The highest BCUT2D eigenvalue weighted by atomic mass is 16.5. The molecule has 2 atom stereocenters. The van der Waals surface area contributed by atoms with Crippen molar-refractivity contribution in [1.82, 2.24) is 0 Å². The predicted molar refractivity (Wildman–Crippen MR) is 124 cm³/mol. The molecule has 0 aromatic heterocycles. The third-order valence-corrected chi connectivity index (χ3v) is 5.31. The maximum Gasteiger partial charge on any atom is 0.307 e. The normalized spacial score (nSPS) is 12.3. The van der Waals surface area contributed by atoms with Crippen LogP contribution < -0.4 is 15.8 Å². The first-order valence-corrected chi connectivity index (χ1v) is 10.8. The van der Waals surface area contributed by atoms with Crippen LogP contribution in [0.25, 0.3) is 0 Å². The number of anilines is 1. The van der Waals surface area contributed by atoms with Crippen LogP contribution in [0.5, 0.6) is 5.75 Å². The molecule has 0 bridgehead atoms. The summed E-state index contributed by atoms with van der Waals surface area (Å²) in [5, 5.41) is 11.6. The molecule has 2 rings (SSSR count). The molecule has 2 unspecified atom stereocenters. The van der Waals surface area contributed by atoms with Crippen LogP contribution in [0.3, 0.4) is 0 Å². The molecule has 0 fully saturated rings. The number of rotatable bonds is 15. The minimum absolute atomic E-state index is 0.0671. The average Bonchev–Trinajstić information content (AvgIpc) is 2.82. The van der Waals surface area contributed by atoms with Gasteiger partial charge in [0.25, 0.3) is 0 Å². The summed E-state index contributed by atoms with van der Waals surface area (Å²) in [6.45, 7) is 1.86. The Morgan fingerprint density at radius 1 is 1.03 bits per heavy atom. The Balaban J connectivity index is 1.82. The molecule has 180 valence electrons. The van der Waals surface area contributed by atoms with Crippen LogP contribution in [0.15, 0.2) is 48.5 Å². The van der Waals surface area contributed by atoms with Crippen LogP contribution in [0.1, 0.15) is 48.5 Å². The van der Waals surface area contributed by atoms with Gasteiger partial charge in [-0.05, 0) is 61.4 Å². The number of carboxylic acids is 1. The fourth-order valence-electron chi connectivity index (χ4n) is 3.29. The van der Waals surface area contributed by atoms with E-state index in [9.17, 15) is 24.0 Å². The number of carbonyl (C=O) groups is 5. The van der Waals surface area contributed by atoms with E-state index in [4.69, 9.17) is 15.6 Å². The lowest BCUT2D eigenvalue weighted by Gasteiger charge is -2.14. The highest BCUT2D eigenvalue weighted by Gasteiger charge is 2.21. The molecular formula is C25H28N2O7. The molecule has 9 heteroatoms. The summed E-state index contributed by atoms with van der Waals surface area (Å²) in [4.78, 5) is 57.5. The minimum atomic E-state index is -1.10. The number of ether oxygens (including phenoxy) is 1. The summed E-state index contributed by atoms with van der Waals surface area (Å²) >= 11 is 0. The Bertz CT molecular complexity index is 1020. The molecule has 2 amide bonds. The van der Waals surface area contributed by atoms with Crippen LogP contribution in [-0.4, -0.2) is 41.6 Å². The third-order valence-electron chi connectivity index (χ3n) is 5.31. The van der Waals surface area contributed by atoms with Gasteiger partial charge in [-0.2, -0.15) is 0 Å². The number of benzene rings is 2. The molecular weight excluding hydrogens is 440 g/mol. The third kappa shape index (κ3) is 8.16. The van der Waals surface area contributed by atoms with Gasteiger partial charge in [-0.1, -0.05) is 6.92 Å². The largest absolute Gasteiger partial charge is 0.493 e. The molecule has 0 aliphatic rings. The maximum atomic E-state index is 12.6. The van der Waals surface area contributed by atoms with Gasteiger partial charge in [0, 0.05) is 35.6 Å². The lowest BCUT2D eigenvalue weighted by Crippen LogP contribution is -2.23. The van der Waals surface area contributed by atoms with Gasteiger partial charge < -0.3 is 20.9 Å². The molecule has 0 aliphatic heterocycles. The quantitative estimate of drug-likeness (QED) is 0.268. The van der Waals surface area contributed by atoms with Gasteiger partial charge in [-0.15, -0.1) is 0 Å². The second-order valence-corrected chi connectivity index (χ2v) is 7.97. The van der Waals surface area contributed by atoms with E-state index >= 15 is 0 Å². The Labute approximate surface area is 197 Å². The average molecular weight is 469 g/mol. The Morgan fingerprint density at radius 2 is 1.62 bits per heavy atom. The molecule has 0 saturated heterocycles. The molecule has 0 spiro atoms. The van der Waals surface area contributed by atoms with Crippen LogP contribution in [-0.2, 0) is 19.2 Å². The van der Waals surface area contributed by atoms with Crippen molar-refractivity contribution in [2.45, 2.75) is 32.6 Å². The molecule has 9 nitrogen and oxygen atoms in total.